The minimum Gasteiger partial charge on any atom is -0.464 e. The van der Waals surface area contributed by atoms with Gasteiger partial charge in [-0.1, -0.05) is 0 Å². The molecule has 1 aromatic carbocycles. The third-order valence-electron chi connectivity index (χ3n) is 3.72. The number of esters is 1. The third-order valence-corrected chi connectivity index (χ3v) is 3.72. The number of nitrogens with zero attached hydrogens (tertiary/aromatic N) is 3. The first-order valence-electron chi connectivity index (χ1n) is 7.72. The molecule has 0 saturated carbocycles. The maximum absolute atomic E-state index is 13.5. The van der Waals surface area contributed by atoms with Crippen LogP contribution in [0.25, 0.3) is 5.82 Å². The van der Waals surface area contributed by atoms with Crippen LogP contribution in [0.1, 0.15) is 27.2 Å². The van der Waals surface area contributed by atoms with Gasteiger partial charge < -0.3 is 4.74 Å². The number of alkyl halides is 3. The van der Waals surface area contributed by atoms with Gasteiger partial charge >= 0.3 is 12.1 Å². The molecule has 0 bridgehead atoms. The average Bonchev–Trinajstić information content (AvgIpc) is 3.10. The molecule has 9 heteroatoms. The SMILES string of the molecule is COC(=O)c1ccn(-c2cc(Cc3cc(F)cc(C(F)(F)F)c3)ccn2)n1. The average molecular weight is 379 g/mol. The fourth-order valence-electron chi connectivity index (χ4n) is 2.51. The number of pyridine rings is 1. The van der Waals surface area contributed by atoms with E-state index in [1.54, 1.807) is 12.1 Å². The Morgan fingerprint density at radius 3 is 2.63 bits per heavy atom. The number of ether oxygens (including phenoxy) is 1. The lowest BCUT2D eigenvalue weighted by molar-refractivity contribution is -0.137. The Labute approximate surface area is 151 Å². The van der Waals surface area contributed by atoms with Crippen LogP contribution in [0.3, 0.4) is 0 Å². The van der Waals surface area contributed by atoms with E-state index in [1.165, 1.54) is 30.3 Å². The monoisotopic (exact) mass is 379 g/mol. The molecule has 0 aliphatic carbocycles. The highest BCUT2D eigenvalue weighted by atomic mass is 19.4. The third kappa shape index (κ3) is 4.30. The van der Waals surface area contributed by atoms with Gasteiger partial charge in [0.2, 0.25) is 0 Å². The number of hydrogen-bond acceptors (Lipinski definition) is 4. The maximum Gasteiger partial charge on any atom is 0.416 e. The Morgan fingerprint density at radius 1 is 1.15 bits per heavy atom. The standard InChI is InChI=1S/C18H13F4N3O2/c1-27-17(26)15-3-5-25(24-15)16-9-11(2-4-23-16)6-12-7-13(18(20,21)22)10-14(19)8-12/h2-5,7-10H,6H2,1H3. The zero-order valence-corrected chi connectivity index (χ0v) is 14.0. The van der Waals surface area contributed by atoms with Crippen molar-refractivity contribution in [1.82, 2.24) is 14.8 Å². The molecule has 3 aromatic rings. The number of carbonyl (C=O) groups is 1. The van der Waals surface area contributed by atoms with E-state index in [-0.39, 0.29) is 17.7 Å². The molecule has 0 aliphatic heterocycles. The molecule has 140 valence electrons. The summed E-state index contributed by atoms with van der Waals surface area (Å²) in [5, 5.41) is 4.03. The van der Waals surface area contributed by atoms with Crippen molar-refractivity contribution in [2.45, 2.75) is 12.6 Å². The molecule has 0 saturated heterocycles. The van der Waals surface area contributed by atoms with Gasteiger partial charge in [0.05, 0.1) is 12.7 Å². The highest BCUT2D eigenvalue weighted by Crippen LogP contribution is 2.31. The largest absolute Gasteiger partial charge is 0.464 e. The van der Waals surface area contributed by atoms with E-state index in [0.717, 1.165) is 12.1 Å². The molecule has 0 unspecified atom stereocenters. The van der Waals surface area contributed by atoms with E-state index in [4.69, 9.17) is 0 Å². The van der Waals surface area contributed by atoms with Crippen molar-refractivity contribution in [2.24, 2.45) is 0 Å². The summed E-state index contributed by atoms with van der Waals surface area (Å²) in [6, 6.07) is 7.06. The molecule has 27 heavy (non-hydrogen) atoms. The van der Waals surface area contributed by atoms with Crippen LogP contribution >= 0.6 is 0 Å². The predicted octanol–water partition coefficient (Wildman–Crippen LogP) is 3.80. The summed E-state index contributed by atoms with van der Waals surface area (Å²) in [5.74, 6) is -1.21. The number of carbonyl (C=O) groups excluding carboxylic acids is 1. The summed E-state index contributed by atoms with van der Waals surface area (Å²) in [6.07, 6.45) is -1.60. The minimum atomic E-state index is -4.63. The molecular weight excluding hydrogens is 366 g/mol. The molecule has 0 aliphatic rings. The summed E-state index contributed by atoms with van der Waals surface area (Å²) >= 11 is 0. The van der Waals surface area contributed by atoms with Crippen molar-refractivity contribution in [1.29, 1.82) is 0 Å². The quantitative estimate of drug-likeness (QED) is 0.511. The van der Waals surface area contributed by atoms with Crippen LogP contribution in [0.4, 0.5) is 17.6 Å². The maximum atomic E-state index is 13.5. The molecule has 5 nitrogen and oxygen atoms in total. The van der Waals surface area contributed by atoms with E-state index in [2.05, 4.69) is 14.8 Å². The van der Waals surface area contributed by atoms with E-state index >= 15 is 0 Å². The molecule has 3 rings (SSSR count). The predicted molar refractivity (Wildman–Crippen MR) is 86.9 cm³/mol. The Bertz CT molecular complexity index is 983. The molecule has 0 fully saturated rings. The lowest BCUT2D eigenvalue weighted by atomic mass is 10.0. The zero-order valence-electron chi connectivity index (χ0n) is 14.0. The van der Waals surface area contributed by atoms with Crippen molar-refractivity contribution in [2.75, 3.05) is 7.11 Å². The van der Waals surface area contributed by atoms with Crippen molar-refractivity contribution in [3.05, 3.63) is 77.0 Å². The second-order valence-corrected chi connectivity index (χ2v) is 5.68. The zero-order chi connectivity index (χ0) is 19.6. The first-order chi connectivity index (χ1) is 12.8. The van der Waals surface area contributed by atoms with Gasteiger partial charge in [-0.15, -0.1) is 0 Å². The first-order valence-corrected chi connectivity index (χ1v) is 7.72. The number of rotatable bonds is 4. The van der Waals surface area contributed by atoms with Gasteiger partial charge in [0.25, 0.3) is 0 Å². The van der Waals surface area contributed by atoms with Crippen LogP contribution in [-0.2, 0) is 17.3 Å². The van der Waals surface area contributed by atoms with E-state index in [1.807, 2.05) is 0 Å². The van der Waals surface area contributed by atoms with Gasteiger partial charge in [-0.05, 0) is 53.9 Å². The summed E-state index contributed by atoms with van der Waals surface area (Å²) in [7, 11) is 1.23. The van der Waals surface area contributed by atoms with Gasteiger partial charge in [-0.3, -0.25) is 0 Å². The molecule has 0 N–H and O–H groups in total. The van der Waals surface area contributed by atoms with Crippen LogP contribution in [-0.4, -0.2) is 27.8 Å². The fourth-order valence-corrected chi connectivity index (χ4v) is 2.51. The summed E-state index contributed by atoms with van der Waals surface area (Å²) < 4.78 is 58.0. The van der Waals surface area contributed by atoms with E-state index in [9.17, 15) is 22.4 Å². The van der Waals surface area contributed by atoms with Gasteiger partial charge in [0.1, 0.15) is 5.82 Å². The minimum absolute atomic E-state index is 0.0709. The van der Waals surface area contributed by atoms with E-state index < -0.39 is 23.5 Å². The Hall–Kier alpha value is -3.23. The molecular formula is C18H13F4N3O2. The second kappa shape index (κ2) is 7.18. The van der Waals surface area contributed by atoms with Gasteiger partial charge in [0.15, 0.2) is 11.5 Å². The first kappa shape index (κ1) is 18.6. The number of methoxy groups -OCH3 is 1. The van der Waals surface area contributed by atoms with Crippen LogP contribution in [0.5, 0.6) is 0 Å². The van der Waals surface area contributed by atoms with Gasteiger partial charge in [-0.25, -0.2) is 18.9 Å². The number of benzene rings is 1. The van der Waals surface area contributed by atoms with Crippen LogP contribution in [0.15, 0.2) is 48.8 Å². The summed E-state index contributed by atoms with van der Waals surface area (Å²) in [4.78, 5) is 15.6. The molecule has 2 aromatic heterocycles. The molecule has 0 amide bonds. The summed E-state index contributed by atoms with van der Waals surface area (Å²) in [6.45, 7) is 0. The molecule has 2 heterocycles. The van der Waals surface area contributed by atoms with Crippen molar-refractivity contribution < 1.29 is 27.1 Å². The normalized spacial score (nSPS) is 11.4. The lowest BCUT2D eigenvalue weighted by Crippen LogP contribution is -2.07. The lowest BCUT2D eigenvalue weighted by Gasteiger charge is -2.10. The van der Waals surface area contributed by atoms with Crippen LogP contribution < -0.4 is 0 Å². The van der Waals surface area contributed by atoms with Crippen molar-refractivity contribution in [3.8, 4) is 5.82 Å². The van der Waals surface area contributed by atoms with Crippen molar-refractivity contribution in [3.63, 3.8) is 0 Å². The smallest absolute Gasteiger partial charge is 0.416 e. The Morgan fingerprint density at radius 2 is 1.93 bits per heavy atom. The second-order valence-electron chi connectivity index (χ2n) is 5.68. The topological polar surface area (TPSA) is 57.0 Å². The Kier molecular flexibility index (Phi) is 4.93. The van der Waals surface area contributed by atoms with Crippen LogP contribution in [0, 0.1) is 5.82 Å². The van der Waals surface area contributed by atoms with Crippen LogP contribution in [0.2, 0.25) is 0 Å². The molecule has 0 atom stereocenters. The molecule has 0 spiro atoms. The van der Waals surface area contributed by atoms with Gasteiger partial charge in [0, 0.05) is 12.4 Å². The highest BCUT2D eigenvalue weighted by Gasteiger charge is 2.31. The fraction of sp³-hybridized carbons (Fsp3) is 0.167. The number of hydrogen-bond donors (Lipinski definition) is 0. The van der Waals surface area contributed by atoms with Crippen molar-refractivity contribution >= 4 is 5.97 Å². The highest BCUT2D eigenvalue weighted by molar-refractivity contribution is 5.86. The Balaban J connectivity index is 1.88. The number of halogens is 4. The summed E-state index contributed by atoms with van der Waals surface area (Å²) in [5.41, 5.74) is -0.171. The van der Waals surface area contributed by atoms with E-state index in [0.29, 0.717) is 17.4 Å². The molecule has 0 radical (unpaired) electrons. The number of aromatic nitrogens is 3. The van der Waals surface area contributed by atoms with Gasteiger partial charge in [-0.2, -0.15) is 18.3 Å².